The standard InChI is InChI=1S/C52H33NS2/c1-2-13-35-30-39(27-26-34(35)12-1)42-18-3-6-22-47(42)53(40-16-9-14-36(31-40)37-28-29-45-44-19-4-7-23-48(44)55-51(45)33-37)41-17-10-15-38(32-41)43-21-11-25-50-52(43)46-20-5-8-24-49(46)54-50/h1-33H. The summed E-state index contributed by atoms with van der Waals surface area (Å²) in [5, 5.41) is 7.75. The molecule has 0 aliphatic rings. The van der Waals surface area contributed by atoms with Crippen LogP contribution in [-0.2, 0) is 0 Å². The smallest absolute Gasteiger partial charge is 0.0540 e. The van der Waals surface area contributed by atoms with Crippen LogP contribution in [0, 0.1) is 0 Å². The van der Waals surface area contributed by atoms with E-state index in [1.54, 1.807) is 0 Å². The fraction of sp³-hybridized carbons (Fsp3) is 0. The van der Waals surface area contributed by atoms with E-state index in [-0.39, 0.29) is 0 Å². The number of hydrogen-bond acceptors (Lipinski definition) is 3. The molecule has 0 amide bonds. The van der Waals surface area contributed by atoms with Gasteiger partial charge < -0.3 is 4.90 Å². The van der Waals surface area contributed by atoms with Gasteiger partial charge in [0.25, 0.3) is 0 Å². The van der Waals surface area contributed by atoms with Crippen LogP contribution in [-0.4, -0.2) is 0 Å². The summed E-state index contributed by atoms with van der Waals surface area (Å²) in [7, 11) is 0. The molecule has 0 radical (unpaired) electrons. The summed E-state index contributed by atoms with van der Waals surface area (Å²) >= 11 is 3.73. The van der Waals surface area contributed by atoms with E-state index in [2.05, 4.69) is 205 Å². The number of nitrogens with zero attached hydrogens (tertiary/aromatic N) is 1. The van der Waals surface area contributed by atoms with Crippen molar-refractivity contribution < 1.29 is 0 Å². The number of hydrogen-bond donors (Lipinski definition) is 0. The van der Waals surface area contributed by atoms with E-state index in [0.717, 1.165) is 17.1 Å². The number of thiophene rings is 2. The van der Waals surface area contributed by atoms with Gasteiger partial charge in [-0.1, -0.05) is 140 Å². The van der Waals surface area contributed by atoms with Crippen LogP contribution in [0.15, 0.2) is 200 Å². The van der Waals surface area contributed by atoms with E-state index in [4.69, 9.17) is 0 Å². The maximum atomic E-state index is 2.45. The zero-order valence-corrected chi connectivity index (χ0v) is 31.4. The average Bonchev–Trinajstić information content (AvgIpc) is 3.82. The van der Waals surface area contributed by atoms with Crippen LogP contribution in [0.4, 0.5) is 17.1 Å². The lowest BCUT2D eigenvalue weighted by molar-refractivity contribution is 1.28. The number of rotatable bonds is 6. The number of fused-ring (bicyclic) bond motifs is 7. The molecule has 0 unspecified atom stereocenters. The van der Waals surface area contributed by atoms with Gasteiger partial charge in [0.1, 0.15) is 0 Å². The number of benzene rings is 9. The van der Waals surface area contributed by atoms with Gasteiger partial charge in [-0.25, -0.2) is 0 Å². The van der Waals surface area contributed by atoms with Crippen LogP contribution in [0.2, 0.25) is 0 Å². The maximum Gasteiger partial charge on any atom is 0.0540 e. The lowest BCUT2D eigenvalue weighted by Crippen LogP contribution is -2.11. The Bertz CT molecular complexity index is 3240. The Morgan fingerprint density at radius 2 is 0.873 bits per heavy atom. The van der Waals surface area contributed by atoms with Crippen molar-refractivity contribution in [2.24, 2.45) is 0 Å². The van der Waals surface area contributed by atoms with E-state index in [9.17, 15) is 0 Å². The first-order chi connectivity index (χ1) is 27.2. The molecule has 0 atom stereocenters. The second-order valence-corrected chi connectivity index (χ2v) is 16.3. The SMILES string of the molecule is c1cc(-c2ccc3c(c2)sc2ccccc23)cc(N(c2cccc(-c3cccc4sc5ccccc5c34)c2)c2ccccc2-c2ccc3ccccc3c2)c1. The molecule has 11 aromatic rings. The van der Waals surface area contributed by atoms with Crippen LogP contribution < -0.4 is 4.90 Å². The fourth-order valence-electron chi connectivity index (χ4n) is 8.25. The zero-order valence-electron chi connectivity index (χ0n) is 29.8. The molecule has 55 heavy (non-hydrogen) atoms. The highest BCUT2D eigenvalue weighted by Crippen LogP contribution is 2.45. The van der Waals surface area contributed by atoms with Crippen molar-refractivity contribution in [3.8, 4) is 33.4 Å². The summed E-state index contributed by atoms with van der Waals surface area (Å²) in [5.74, 6) is 0. The Morgan fingerprint density at radius 1 is 0.309 bits per heavy atom. The molecule has 0 spiro atoms. The topological polar surface area (TPSA) is 3.24 Å². The van der Waals surface area contributed by atoms with Crippen molar-refractivity contribution in [2.45, 2.75) is 0 Å². The van der Waals surface area contributed by atoms with Crippen LogP contribution >= 0.6 is 22.7 Å². The quantitative estimate of drug-likeness (QED) is 0.164. The van der Waals surface area contributed by atoms with E-state index in [1.165, 1.54) is 84.5 Å². The van der Waals surface area contributed by atoms with Gasteiger partial charge in [0, 0.05) is 57.3 Å². The number of para-hydroxylation sites is 1. The Labute approximate surface area is 327 Å². The highest BCUT2D eigenvalue weighted by Gasteiger charge is 2.20. The van der Waals surface area contributed by atoms with Gasteiger partial charge in [0.2, 0.25) is 0 Å². The minimum absolute atomic E-state index is 1.11. The van der Waals surface area contributed by atoms with Crippen LogP contribution in [0.3, 0.4) is 0 Å². The molecule has 0 aliphatic carbocycles. The minimum Gasteiger partial charge on any atom is -0.310 e. The molecule has 2 heterocycles. The summed E-state index contributed by atoms with van der Waals surface area (Å²) in [6.45, 7) is 0. The molecule has 258 valence electrons. The fourth-order valence-corrected chi connectivity index (χ4v) is 10.5. The number of anilines is 3. The van der Waals surface area contributed by atoms with Crippen LogP contribution in [0.1, 0.15) is 0 Å². The normalized spacial score (nSPS) is 11.6. The molecule has 9 aromatic carbocycles. The molecule has 0 fully saturated rings. The molecular weight excluding hydrogens is 703 g/mol. The zero-order chi connectivity index (χ0) is 36.3. The molecule has 0 bridgehead atoms. The molecular formula is C52H33NS2. The van der Waals surface area contributed by atoms with E-state index < -0.39 is 0 Å². The van der Waals surface area contributed by atoms with Crippen LogP contribution in [0.5, 0.6) is 0 Å². The summed E-state index contributed by atoms with van der Waals surface area (Å²) in [6.07, 6.45) is 0. The largest absolute Gasteiger partial charge is 0.310 e. The molecule has 1 nitrogen and oxygen atoms in total. The summed E-state index contributed by atoms with van der Waals surface area (Å²) in [6, 6.07) is 73.6. The van der Waals surface area contributed by atoms with Gasteiger partial charge in [-0.3, -0.25) is 0 Å². The third-order valence-corrected chi connectivity index (χ3v) is 13.1. The maximum absolute atomic E-state index is 2.45. The first-order valence-corrected chi connectivity index (χ1v) is 20.3. The Balaban J connectivity index is 1.11. The minimum atomic E-state index is 1.11. The predicted molar refractivity (Wildman–Crippen MR) is 241 cm³/mol. The second kappa shape index (κ2) is 13.1. The van der Waals surface area contributed by atoms with Crippen molar-refractivity contribution in [3.05, 3.63) is 200 Å². The second-order valence-electron chi connectivity index (χ2n) is 14.1. The lowest BCUT2D eigenvalue weighted by atomic mass is 9.97. The van der Waals surface area contributed by atoms with Gasteiger partial charge in [-0.05, 0) is 99.3 Å². The first kappa shape index (κ1) is 32.0. The third-order valence-electron chi connectivity index (χ3n) is 10.8. The van der Waals surface area contributed by atoms with E-state index in [0.29, 0.717) is 0 Å². The third kappa shape index (κ3) is 5.51. The van der Waals surface area contributed by atoms with Crippen molar-refractivity contribution in [1.29, 1.82) is 0 Å². The van der Waals surface area contributed by atoms with Crippen molar-refractivity contribution in [2.75, 3.05) is 4.90 Å². The molecule has 2 aromatic heterocycles. The summed E-state index contributed by atoms with van der Waals surface area (Å²) in [4.78, 5) is 2.45. The predicted octanol–water partition coefficient (Wildman–Crippen LogP) is 16.0. The highest BCUT2D eigenvalue weighted by atomic mass is 32.1. The molecule has 0 saturated heterocycles. The van der Waals surface area contributed by atoms with Gasteiger partial charge in [-0.15, -0.1) is 22.7 Å². The molecule has 0 aliphatic heterocycles. The Morgan fingerprint density at radius 3 is 1.75 bits per heavy atom. The summed E-state index contributed by atoms with van der Waals surface area (Å²) < 4.78 is 5.26. The molecule has 11 rings (SSSR count). The summed E-state index contributed by atoms with van der Waals surface area (Å²) in [5.41, 5.74) is 10.6. The molecule has 0 N–H and O–H groups in total. The van der Waals surface area contributed by atoms with Crippen LogP contribution in [0.25, 0.3) is 84.5 Å². The van der Waals surface area contributed by atoms with Gasteiger partial charge >= 0.3 is 0 Å². The first-order valence-electron chi connectivity index (χ1n) is 18.7. The van der Waals surface area contributed by atoms with Crippen molar-refractivity contribution >= 4 is 90.9 Å². The van der Waals surface area contributed by atoms with Crippen molar-refractivity contribution in [1.82, 2.24) is 0 Å². The highest BCUT2D eigenvalue weighted by molar-refractivity contribution is 7.26. The Kier molecular flexibility index (Phi) is 7.61. The van der Waals surface area contributed by atoms with E-state index in [1.807, 2.05) is 22.7 Å². The Hall–Kier alpha value is -6.52. The molecule has 3 heteroatoms. The van der Waals surface area contributed by atoms with Gasteiger partial charge in [0.05, 0.1) is 5.69 Å². The van der Waals surface area contributed by atoms with Crippen molar-refractivity contribution in [3.63, 3.8) is 0 Å². The average molecular weight is 736 g/mol. The monoisotopic (exact) mass is 735 g/mol. The van der Waals surface area contributed by atoms with E-state index >= 15 is 0 Å². The van der Waals surface area contributed by atoms with Gasteiger partial charge in [0.15, 0.2) is 0 Å². The molecule has 0 saturated carbocycles. The lowest BCUT2D eigenvalue weighted by Gasteiger charge is -2.29. The van der Waals surface area contributed by atoms with Gasteiger partial charge in [-0.2, -0.15) is 0 Å².